The summed E-state index contributed by atoms with van der Waals surface area (Å²) < 4.78 is 5.77. The number of ether oxygens (including phenoxy) is 1. The largest absolute Gasteiger partial charge is 0.460 e. The fourth-order valence-electron chi connectivity index (χ4n) is 6.23. The van der Waals surface area contributed by atoms with Gasteiger partial charge < -0.3 is 41.1 Å². The van der Waals surface area contributed by atoms with Crippen LogP contribution in [0.2, 0.25) is 0 Å². The summed E-state index contributed by atoms with van der Waals surface area (Å²) in [6.45, 7) is 9.12. The molecule has 0 aromatic carbocycles. The molecule has 50 heavy (non-hydrogen) atoms. The van der Waals surface area contributed by atoms with E-state index in [4.69, 9.17) is 4.74 Å². The number of likely N-dealkylation sites (N-methyl/N-ethyl adjacent to an activating group) is 1. The third-order valence-corrected chi connectivity index (χ3v) is 9.52. The highest BCUT2D eigenvalue weighted by Crippen LogP contribution is 2.23. The molecule has 0 aromatic heterocycles. The van der Waals surface area contributed by atoms with Crippen molar-refractivity contribution in [3.63, 3.8) is 0 Å². The zero-order valence-corrected chi connectivity index (χ0v) is 31.4. The average Bonchev–Trinajstić information content (AvgIpc) is 3.09. The summed E-state index contributed by atoms with van der Waals surface area (Å²) in [6, 6.07) is -5.09. The van der Waals surface area contributed by atoms with Gasteiger partial charge in [0.2, 0.25) is 29.5 Å². The Hall–Kier alpha value is -3.26. The van der Waals surface area contributed by atoms with Crippen LogP contribution in [0.15, 0.2) is 0 Å². The molecule has 1 rings (SSSR count). The first-order valence-corrected chi connectivity index (χ1v) is 18.6. The predicted molar refractivity (Wildman–Crippen MR) is 189 cm³/mol. The van der Waals surface area contributed by atoms with E-state index in [1.165, 1.54) is 31.2 Å². The summed E-state index contributed by atoms with van der Waals surface area (Å²) in [5.41, 5.74) is 0. The van der Waals surface area contributed by atoms with Crippen LogP contribution >= 0.6 is 0 Å². The number of cyclic esters (lactones) is 1. The molecule has 0 saturated carbocycles. The van der Waals surface area contributed by atoms with Crippen LogP contribution < -0.4 is 21.3 Å². The van der Waals surface area contributed by atoms with Crippen LogP contribution in [0.5, 0.6) is 0 Å². The Morgan fingerprint density at radius 3 is 1.84 bits per heavy atom. The Labute approximate surface area is 298 Å². The zero-order valence-electron chi connectivity index (χ0n) is 31.4. The smallest absolute Gasteiger partial charge is 0.325 e. The number of rotatable bonds is 16. The highest BCUT2D eigenvalue weighted by atomic mass is 16.5. The number of unbranched alkanes of at least 4 members (excludes halogenated alkanes) is 7. The molecule has 0 bridgehead atoms. The number of hydrogen-bond donors (Lipinski definition) is 6. The Morgan fingerprint density at radius 2 is 1.30 bits per heavy atom. The molecule has 0 aromatic rings. The van der Waals surface area contributed by atoms with Gasteiger partial charge in [-0.1, -0.05) is 99.3 Å². The third-order valence-electron chi connectivity index (χ3n) is 9.52. The maximum atomic E-state index is 14.0. The molecular formula is C36H65N5O9. The molecule has 1 fully saturated rings. The minimum Gasteiger partial charge on any atom is -0.460 e. The summed E-state index contributed by atoms with van der Waals surface area (Å²) in [6.07, 6.45) is 9.26. The van der Waals surface area contributed by atoms with Crippen molar-refractivity contribution in [2.45, 2.75) is 149 Å². The fraction of sp³-hybridized carbons (Fsp3) is 0.833. The van der Waals surface area contributed by atoms with Crippen LogP contribution in [0.4, 0.5) is 0 Å². The first-order chi connectivity index (χ1) is 23.7. The van der Waals surface area contributed by atoms with Crippen LogP contribution in [0.1, 0.15) is 119 Å². The van der Waals surface area contributed by atoms with Gasteiger partial charge in [-0.25, -0.2) is 0 Å². The Kier molecular flexibility index (Phi) is 21.5. The predicted octanol–water partition coefficient (Wildman–Crippen LogP) is 1.94. The highest BCUT2D eigenvalue weighted by Gasteiger charge is 2.38. The number of carbonyl (C=O) groups is 6. The van der Waals surface area contributed by atoms with E-state index >= 15 is 0 Å². The van der Waals surface area contributed by atoms with Crippen LogP contribution in [-0.2, 0) is 33.5 Å². The summed E-state index contributed by atoms with van der Waals surface area (Å²) >= 11 is 0. The van der Waals surface area contributed by atoms with E-state index in [0.717, 1.165) is 25.7 Å². The molecule has 288 valence electrons. The van der Waals surface area contributed by atoms with Crippen molar-refractivity contribution in [1.82, 2.24) is 26.2 Å². The molecule has 14 heteroatoms. The van der Waals surface area contributed by atoms with E-state index in [-0.39, 0.29) is 18.3 Å². The van der Waals surface area contributed by atoms with E-state index < -0.39 is 91.5 Å². The molecule has 6 atom stereocenters. The van der Waals surface area contributed by atoms with E-state index in [9.17, 15) is 39.0 Å². The molecule has 1 aliphatic heterocycles. The van der Waals surface area contributed by atoms with E-state index in [1.807, 2.05) is 27.7 Å². The van der Waals surface area contributed by atoms with Gasteiger partial charge >= 0.3 is 5.97 Å². The molecule has 0 radical (unpaired) electrons. The van der Waals surface area contributed by atoms with Gasteiger partial charge in [0.1, 0.15) is 36.8 Å². The number of aliphatic hydroxyl groups is 2. The van der Waals surface area contributed by atoms with Crippen LogP contribution in [0, 0.1) is 17.8 Å². The van der Waals surface area contributed by atoms with Gasteiger partial charge in [0.15, 0.2) is 0 Å². The Bertz CT molecular complexity index is 1080. The van der Waals surface area contributed by atoms with Crippen molar-refractivity contribution in [3.8, 4) is 0 Å². The Morgan fingerprint density at radius 1 is 0.760 bits per heavy atom. The van der Waals surface area contributed by atoms with Crippen molar-refractivity contribution in [2.24, 2.45) is 17.8 Å². The van der Waals surface area contributed by atoms with Crippen molar-refractivity contribution in [1.29, 1.82) is 0 Å². The van der Waals surface area contributed by atoms with Crippen molar-refractivity contribution < 1.29 is 43.7 Å². The first kappa shape index (κ1) is 44.8. The van der Waals surface area contributed by atoms with Crippen molar-refractivity contribution >= 4 is 35.5 Å². The van der Waals surface area contributed by atoms with Gasteiger partial charge in [-0.3, -0.25) is 28.8 Å². The molecular weight excluding hydrogens is 646 g/mol. The van der Waals surface area contributed by atoms with Gasteiger partial charge in [-0.15, -0.1) is 0 Å². The number of aliphatic hydroxyl groups excluding tert-OH is 2. The van der Waals surface area contributed by atoms with Crippen LogP contribution in [-0.4, -0.2) is 108 Å². The quantitative estimate of drug-likeness (QED) is 0.102. The van der Waals surface area contributed by atoms with Crippen LogP contribution in [0.3, 0.4) is 0 Å². The monoisotopic (exact) mass is 711 g/mol. The maximum absolute atomic E-state index is 14.0. The lowest BCUT2D eigenvalue weighted by atomic mass is 9.91. The SMILES string of the molecule is CCCCCCCCCC[C@H]1OC(=O)CNC(=O)[C@H](CO)NC(=O)[C@H](CO)NC(=O)C(C(CC)CC)NC(=O)[C@H](CC(C)C)N(C)C(=O)[C@@H]1C. The number of nitrogens with zero attached hydrogens (tertiary/aromatic N) is 1. The standard InChI is InChI=1S/C36H65N5O9/c1-8-11-12-13-14-15-16-17-18-29-24(6)36(49)41(7)28(19-23(4)5)34(47)40-31(25(9-2)10-3)35(48)39-27(22-43)33(46)38-26(21-42)32(45)37-20-30(44)50-29/h23-29,31,42-43H,8-22H2,1-7H3,(H,37,45)(H,38,46)(H,39,48)(H,40,47)/t24-,26+,27+,28+,29-,31?/m1/s1. The third kappa shape index (κ3) is 14.9. The number of esters is 1. The van der Waals surface area contributed by atoms with Gasteiger partial charge in [0.05, 0.1) is 19.1 Å². The van der Waals surface area contributed by atoms with E-state index in [1.54, 1.807) is 6.92 Å². The van der Waals surface area contributed by atoms with E-state index in [0.29, 0.717) is 25.7 Å². The molecule has 1 unspecified atom stereocenters. The summed E-state index contributed by atoms with van der Waals surface area (Å²) in [5, 5.41) is 29.7. The lowest BCUT2D eigenvalue weighted by Gasteiger charge is -2.35. The van der Waals surface area contributed by atoms with Crippen molar-refractivity contribution in [2.75, 3.05) is 26.8 Å². The normalized spacial score (nSPS) is 25.3. The molecule has 14 nitrogen and oxygen atoms in total. The average molecular weight is 712 g/mol. The fourth-order valence-corrected chi connectivity index (χ4v) is 6.23. The maximum Gasteiger partial charge on any atom is 0.325 e. The summed E-state index contributed by atoms with van der Waals surface area (Å²) in [5.74, 6) is -5.52. The summed E-state index contributed by atoms with van der Waals surface area (Å²) in [4.78, 5) is 81.9. The number of hydrogen-bond acceptors (Lipinski definition) is 9. The molecule has 1 heterocycles. The number of nitrogens with one attached hydrogen (secondary N) is 4. The summed E-state index contributed by atoms with van der Waals surface area (Å²) in [7, 11) is 1.52. The minimum absolute atomic E-state index is 0.00478. The van der Waals surface area contributed by atoms with Gasteiger partial charge in [0.25, 0.3) is 0 Å². The molecule has 0 spiro atoms. The molecule has 0 aliphatic carbocycles. The molecule has 5 amide bonds. The minimum atomic E-state index is -1.51. The van der Waals surface area contributed by atoms with Crippen LogP contribution in [0.25, 0.3) is 0 Å². The second-order valence-corrected chi connectivity index (χ2v) is 13.9. The zero-order chi connectivity index (χ0) is 37.8. The molecule has 6 N–H and O–H groups in total. The van der Waals surface area contributed by atoms with Crippen molar-refractivity contribution in [3.05, 3.63) is 0 Å². The highest BCUT2D eigenvalue weighted by molar-refractivity contribution is 5.96. The van der Waals surface area contributed by atoms with E-state index in [2.05, 4.69) is 28.2 Å². The number of carbonyl (C=O) groups excluding carboxylic acids is 6. The molecule has 1 saturated heterocycles. The molecule has 1 aliphatic rings. The Balaban J connectivity index is 3.50. The topological polar surface area (TPSA) is 203 Å². The second kappa shape index (κ2) is 24.0. The lowest BCUT2D eigenvalue weighted by molar-refractivity contribution is -0.157. The first-order valence-electron chi connectivity index (χ1n) is 18.6. The van der Waals surface area contributed by atoms with Gasteiger partial charge in [-0.2, -0.15) is 0 Å². The van der Waals surface area contributed by atoms with Gasteiger partial charge in [-0.05, 0) is 31.1 Å². The van der Waals surface area contributed by atoms with Gasteiger partial charge in [0, 0.05) is 7.05 Å². The second-order valence-electron chi connectivity index (χ2n) is 13.9. The number of amides is 5. The lowest BCUT2D eigenvalue weighted by Crippen LogP contribution is -2.61.